The zero-order valence-electron chi connectivity index (χ0n) is 11.9. The Morgan fingerprint density at radius 3 is 2.48 bits per heavy atom. The van der Waals surface area contributed by atoms with Gasteiger partial charge in [0.1, 0.15) is 24.9 Å². The molecule has 1 atom stereocenters. The predicted molar refractivity (Wildman–Crippen MR) is 68.5 cm³/mol. The Morgan fingerprint density at radius 1 is 1.35 bits per heavy atom. The number of halogens is 5. The van der Waals surface area contributed by atoms with Crippen LogP contribution in [-0.2, 0) is 14.3 Å². The Labute approximate surface area is 128 Å². The molecule has 1 N–H and O–H groups in total. The molecule has 1 aromatic carbocycles. The second-order valence-electron chi connectivity index (χ2n) is 4.85. The molecule has 0 saturated carbocycles. The first-order valence-corrected chi connectivity index (χ1v) is 6.40. The van der Waals surface area contributed by atoms with Gasteiger partial charge in [0.05, 0.1) is 6.54 Å². The summed E-state index contributed by atoms with van der Waals surface area (Å²) in [4.78, 5) is 13.2. The Bertz CT molecular complexity index is 575. The van der Waals surface area contributed by atoms with Crippen LogP contribution < -0.4 is 10.2 Å². The number of benzene rings is 1. The monoisotopic (exact) mass is 340 g/mol. The molecule has 5 nitrogen and oxygen atoms in total. The molecule has 1 saturated heterocycles. The Morgan fingerprint density at radius 2 is 1.96 bits per heavy atom. The first kappa shape index (κ1) is 17.4. The van der Waals surface area contributed by atoms with E-state index in [1.807, 2.05) is 0 Å². The molecule has 1 aromatic rings. The number of ether oxygens (including phenoxy) is 2. The third kappa shape index (κ3) is 4.08. The molecule has 2 rings (SSSR count). The van der Waals surface area contributed by atoms with Crippen LogP contribution in [0.2, 0.25) is 0 Å². The van der Waals surface area contributed by atoms with Gasteiger partial charge in [0.25, 0.3) is 11.7 Å². The molecule has 0 bridgehead atoms. The highest BCUT2D eigenvalue weighted by atomic mass is 19.4. The van der Waals surface area contributed by atoms with Crippen LogP contribution in [-0.4, -0.2) is 44.8 Å². The van der Waals surface area contributed by atoms with E-state index in [2.05, 4.69) is 0 Å². The quantitative estimate of drug-likeness (QED) is 0.849. The number of carbonyl (C=O) groups is 1. The first-order chi connectivity index (χ1) is 10.6. The highest BCUT2D eigenvalue weighted by Crippen LogP contribution is 2.28. The molecular weight excluding hydrogens is 327 g/mol. The van der Waals surface area contributed by atoms with Crippen LogP contribution in [0.3, 0.4) is 0 Å². The van der Waals surface area contributed by atoms with Gasteiger partial charge in [-0.1, -0.05) is 0 Å². The second-order valence-corrected chi connectivity index (χ2v) is 4.85. The number of rotatable bonds is 4. The number of hydrogen-bond donors (Lipinski definition) is 1. The van der Waals surface area contributed by atoms with E-state index in [0.29, 0.717) is 6.07 Å². The van der Waals surface area contributed by atoms with Gasteiger partial charge in [-0.25, -0.2) is 8.78 Å². The van der Waals surface area contributed by atoms with Crippen molar-refractivity contribution in [2.75, 3.05) is 31.8 Å². The van der Waals surface area contributed by atoms with E-state index in [-0.39, 0.29) is 19.0 Å². The van der Waals surface area contributed by atoms with E-state index in [4.69, 9.17) is 9.47 Å². The molecule has 0 aromatic heterocycles. The number of methoxy groups -OCH3 is 1. The third-order valence-electron chi connectivity index (χ3n) is 3.19. The average Bonchev–Trinajstić information content (AvgIpc) is 2.89. The number of carbonyl (C=O) groups excluding carboxylic acids is 1. The van der Waals surface area contributed by atoms with E-state index in [9.17, 15) is 26.7 Å². The summed E-state index contributed by atoms with van der Waals surface area (Å²) < 4.78 is 73.0. The summed E-state index contributed by atoms with van der Waals surface area (Å²) in [5.74, 6) is -4.79. The van der Waals surface area contributed by atoms with Gasteiger partial charge in [0.2, 0.25) is 0 Å². The number of hydrogen-bond acceptors (Lipinski definition) is 4. The fraction of sp³-hybridized carbons (Fsp3) is 0.462. The second kappa shape index (κ2) is 6.28. The summed E-state index contributed by atoms with van der Waals surface area (Å²) in [6.07, 6.45) is -4.59. The minimum Gasteiger partial charge on any atom is -0.344 e. The van der Waals surface area contributed by atoms with E-state index in [1.165, 1.54) is 4.90 Å². The van der Waals surface area contributed by atoms with Crippen molar-refractivity contribution in [3.63, 3.8) is 0 Å². The average molecular weight is 340 g/mol. The molecule has 1 heterocycles. The van der Waals surface area contributed by atoms with Crippen molar-refractivity contribution in [3.05, 3.63) is 29.8 Å². The van der Waals surface area contributed by atoms with E-state index in [1.54, 1.807) is 5.32 Å². The third-order valence-corrected chi connectivity index (χ3v) is 3.19. The smallest absolute Gasteiger partial charge is 0.344 e. The lowest BCUT2D eigenvalue weighted by molar-refractivity contribution is -0.199. The van der Waals surface area contributed by atoms with Crippen LogP contribution >= 0.6 is 0 Å². The highest BCUT2D eigenvalue weighted by Gasteiger charge is 2.48. The van der Waals surface area contributed by atoms with Gasteiger partial charge in [-0.2, -0.15) is 13.2 Å². The van der Waals surface area contributed by atoms with Crippen molar-refractivity contribution < 1.29 is 36.2 Å². The molecule has 0 aliphatic carbocycles. The maximum Gasteiger partial charge on any atom is 0.405 e. The Balaban J connectivity index is 2.12. The number of amides is 1. The molecule has 0 radical (unpaired) electrons. The summed E-state index contributed by atoms with van der Waals surface area (Å²) in [5, 5.41) is 1.66. The van der Waals surface area contributed by atoms with Crippen LogP contribution in [0.5, 0.6) is 0 Å². The number of anilines is 1. The maximum absolute atomic E-state index is 13.2. The molecule has 1 aliphatic rings. The largest absolute Gasteiger partial charge is 0.405 e. The minimum atomic E-state index is -4.59. The first-order valence-electron chi connectivity index (χ1n) is 6.40. The van der Waals surface area contributed by atoms with Gasteiger partial charge in [-0.15, -0.1) is 0 Å². The lowest BCUT2D eigenvalue weighted by Gasteiger charge is -2.25. The van der Waals surface area contributed by atoms with Crippen LogP contribution in [0.1, 0.15) is 0 Å². The summed E-state index contributed by atoms with van der Waals surface area (Å²) in [6.45, 7) is -2.15. The van der Waals surface area contributed by atoms with Crippen LogP contribution in [0, 0.1) is 11.6 Å². The topological polar surface area (TPSA) is 50.8 Å². The SMILES string of the molecule is COC1(C(=O)NCC(F)(F)F)CN(c2cc(F)cc(F)c2)CO1. The summed E-state index contributed by atoms with van der Waals surface area (Å²) in [5.41, 5.74) is 0.0741. The van der Waals surface area contributed by atoms with Crippen LogP contribution in [0.25, 0.3) is 0 Å². The van der Waals surface area contributed by atoms with E-state index >= 15 is 0 Å². The molecule has 0 spiro atoms. The van der Waals surface area contributed by atoms with Crippen molar-refractivity contribution in [1.29, 1.82) is 0 Å². The molecule has 1 aliphatic heterocycles. The Kier molecular flexibility index (Phi) is 4.76. The van der Waals surface area contributed by atoms with Gasteiger partial charge in [0.15, 0.2) is 0 Å². The lowest BCUT2D eigenvalue weighted by Crippen LogP contribution is -2.53. The number of nitrogens with zero attached hydrogens (tertiary/aromatic N) is 1. The fourth-order valence-electron chi connectivity index (χ4n) is 2.08. The van der Waals surface area contributed by atoms with Crippen molar-refractivity contribution in [2.24, 2.45) is 0 Å². The summed E-state index contributed by atoms with van der Waals surface area (Å²) in [6, 6.07) is 2.68. The van der Waals surface area contributed by atoms with Crippen molar-refractivity contribution in [1.82, 2.24) is 5.32 Å². The van der Waals surface area contributed by atoms with Gasteiger partial charge < -0.3 is 19.7 Å². The van der Waals surface area contributed by atoms with E-state index in [0.717, 1.165) is 19.2 Å². The molecule has 23 heavy (non-hydrogen) atoms. The molecular formula is C13H13F5N2O3. The number of alkyl halides is 3. The molecule has 1 unspecified atom stereocenters. The molecule has 10 heteroatoms. The van der Waals surface area contributed by atoms with Gasteiger partial charge in [0, 0.05) is 18.9 Å². The fourth-order valence-corrected chi connectivity index (χ4v) is 2.08. The Hall–Kier alpha value is -1.94. The van der Waals surface area contributed by atoms with E-state index < -0.39 is 36.0 Å². The van der Waals surface area contributed by atoms with Gasteiger partial charge >= 0.3 is 6.18 Å². The zero-order valence-corrected chi connectivity index (χ0v) is 11.9. The minimum absolute atomic E-state index is 0.0741. The van der Waals surface area contributed by atoms with Crippen LogP contribution in [0.4, 0.5) is 27.6 Å². The van der Waals surface area contributed by atoms with Crippen molar-refractivity contribution in [2.45, 2.75) is 12.0 Å². The molecule has 1 fully saturated rings. The summed E-state index contributed by atoms with van der Waals surface area (Å²) >= 11 is 0. The zero-order chi connectivity index (χ0) is 17.3. The van der Waals surface area contributed by atoms with Gasteiger partial charge in [-0.3, -0.25) is 4.79 Å². The number of nitrogens with one attached hydrogen (secondary N) is 1. The van der Waals surface area contributed by atoms with Gasteiger partial charge in [-0.05, 0) is 12.1 Å². The van der Waals surface area contributed by atoms with Crippen molar-refractivity contribution >= 4 is 11.6 Å². The standard InChI is InChI=1S/C13H13F5N2O3/c1-22-12(11(21)19-5-13(16,17)18)6-20(7-23-12)10-3-8(14)2-9(15)4-10/h2-4H,5-7H2,1H3,(H,19,21). The van der Waals surface area contributed by atoms with Crippen molar-refractivity contribution in [3.8, 4) is 0 Å². The maximum atomic E-state index is 13.2. The van der Waals surface area contributed by atoms with Crippen LogP contribution in [0.15, 0.2) is 18.2 Å². The predicted octanol–water partition coefficient (Wildman–Crippen LogP) is 1.78. The normalized spacial score (nSPS) is 21.6. The highest BCUT2D eigenvalue weighted by molar-refractivity contribution is 5.85. The lowest BCUT2D eigenvalue weighted by atomic mass is 10.2. The molecule has 1 amide bonds. The molecule has 128 valence electrons. The summed E-state index contributed by atoms with van der Waals surface area (Å²) in [7, 11) is 1.09.